The maximum atomic E-state index is 3.67. The van der Waals surface area contributed by atoms with Gasteiger partial charge in [-0.2, -0.15) is 11.8 Å². The molecule has 1 saturated heterocycles. The molecule has 1 heterocycles. The zero-order valence-electron chi connectivity index (χ0n) is 13.0. The zero-order valence-corrected chi connectivity index (χ0v) is 13.8. The normalized spacial score (nSPS) is 24.5. The molecule has 1 aliphatic rings. The van der Waals surface area contributed by atoms with Crippen LogP contribution in [0.4, 0.5) is 0 Å². The Bertz CT molecular complexity index is 231. The Kier molecular flexibility index (Phi) is 7.04. The highest BCUT2D eigenvalue weighted by Crippen LogP contribution is 2.31. The fraction of sp³-hybridized carbons (Fsp3) is 1.00. The van der Waals surface area contributed by atoms with Crippen LogP contribution in [-0.4, -0.2) is 47.1 Å². The van der Waals surface area contributed by atoms with Gasteiger partial charge >= 0.3 is 0 Å². The van der Waals surface area contributed by atoms with Crippen molar-refractivity contribution in [1.82, 2.24) is 10.2 Å². The van der Waals surface area contributed by atoms with Crippen molar-refractivity contribution in [3.05, 3.63) is 0 Å². The van der Waals surface area contributed by atoms with Gasteiger partial charge < -0.3 is 5.32 Å². The first-order chi connectivity index (χ1) is 8.44. The van der Waals surface area contributed by atoms with Crippen LogP contribution in [0.25, 0.3) is 0 Å². The molecule has 1 rings (SSSR count). The minimum Gasteiger partial charge on any atom is -0.313 e. The predicted octanol–water partition coefficient (Wildman–Crippen LogP) is 3.37. The molecule has 1 fully saturated rings. The first kappa shape index (κ1) is 16.3. The first-order valence-electron chi connectivity index (χ1n) is 7.56. The molecule has 0 saturated carbocycles. The van der Waals surface area contributed by atoms with Crippen molar-refractivity contribution in [2.45, 2.75) is 70.7 Å². The highest BCUT2D eigenvalue weighted by molar-refractivity contribution is 8.00. The number of nitrogens with one attached hydrogen (secondary N) is 1. The highest BCUT2D eigenvalue weighted by atomic mass is 32.2. The summed E-state index contributed by atoms with van der Waals surface area (Å²) in [5.74, 6) is 1.28. The monoisotopic (exact) mass is 272 g/mol. The van der Waals surface area contributed by atoms with Crippen molar-refractivity contribution in [2.75, 3.05) is 25.4 Å². The molecule has 2 nitrogen and oxygen atoms in total. The molecular formula is C15H32N2S. The summed E-state index contributed by atoms with van der Waals surface area (Å²) in [6, 6.07) is 1.33. The third-order valence-electron chi connectivity index (χ3n) is 3.98. The fourth-order valence-electron chi connectivity index (χ4n) is 2.51. The largest absolute Gasteiger partial charge is 0.313 e. The highest BCUT2D eigenvalue weighted by Gasteiger charge is 2.25. The van der Waals surface area contributed by atoms with Crippen LogP contribution in [0.5, 0.6) is 0 Å². The zero-order chi connectivity index (χ0) is 13.6. The summed E-state index contributed by atoms with van der Waals surface area (Å²) >= 11 is 2.13. The Hall–Kier alpha value is 0.270. The van der Waals surface area contributed by atoms with E-state index in [4.69, 9.17) is 0 Å². The van der Waals surface area contributed by atoms with E-state index in [9.17, 15) is 0 Å². The minimum atomic E-state index is 0.470. The van der Waals surface area contributed by atoms with Crippen LogP contribution in [0.1, 0.15) is 53.9 Å². The van der Waals surface area contributed by atoms with Crippen LogP contribution in [0.2, 0.25) is 0 Å². The molecule has 1 N–H and O–H groups in total. The third kappa shape index (κ3) is 5.94. The standard InChI is InChI=1S/C15H32N2S/c1-6-7-13(2)16-12-14(3)17-9-8-15(4,5)18-11-10-17/h13-14,16H,6-12H2,1-5H3. The van der Waals surface area contributed by atoms with Gasteiger partial charge in [0.1, 0.15) is 0 Å². The van der Waals surface area contributed by atoms with Crippen molar-refractivity contribution in [3.8, 4) is 0 Å². The lowest BCUT2D eigenvalue weighted by atomic mass is 10.1. The van der Waals surface area contributed by atoms with Crippen molar-refractivity contribution in [2.24, 2.45) is 0 Å². The van der Waals surface area contributed by atoms with E-state index in [0.29, 0.717) is 16.8 Å². The van der Waals surface area contributed by atoms with E-state index in [-0.39, 0.29) is 0 Å². The number of hydrogen-bond donors (Lipinski definition) is 1. The molecule has 1 aliphatic heterocycles. The smallest absolute Gasteiger partial charge is 0.0192 e. The van der Waals surface area contributed by atoms with Crippen molar-refractivity contribution >= 4 is 11.8 Å². The van der Waals surface area contributed by atoms with Crippen LogP contribution in [-0.2, 0) is 0 Å². The molecule has 0 aliphatic carbocycles. The van der Waals surface area contributed by atoms with Gasteiger partial charge in [-0.15, -0.1) is 0 Å². The summed E-state index contributed by atoms with van der Waals surface area (Å²) in [4.78, 5) is 2.66. The second kappa shape index (κ2) is 7.76. The van der Waals surface area contributed by atoms with E-state index < -0.39 is 0 Å². The summed E-state index contributed by atoms with van der Waals surface area (Å²) in [6.45, 7) is 15.3. The molecule has 18 heavy (non-hydrogen) atoms. The van der Waals surface area contributed by atoms with Gasteiger partial charge in [0, 0.05) is 35.7 Å². The topological polar surface area (TPSA) is 15.3 Å². The van der Waals surface area contributed by atoms with Crippen molar-refractivity contribution < 1.29 is 0 Å². The van der Waals surface area contributed by atoms with E-state index in [2.05, 4.69) is 56.6 Å². The summed E-state index contributed by atoms with van der Waals surface area (Å²) in [7, 11) is 0. The van der Waals surface area contributed by atoms with Crippen LogP contribution < -0.4 is 5.32 Å². The van der Waals surface area contributed by atoms with Gasteiger partial charge in [-0.1, -0.05) is 27.2 Å². The van der Waals surface area contributed by atoms with Gasteiger partial charge in [0.05, 0.1) is 0 Å². The molecule has 0 radical (unpaired) electrons. The predicted molar refractivity (Wildman–Crippen MR) is 84.6 cm³/mol. The third-order valence-corrected chi connectivity index (χ3v) is 5.35. The van der Waals surface area contributed by atoms with E-state index in [0.717, 1.165) is 6.54 Å². The Morgan fingerprint density at radius 1 is 1.28 bits per heavy atom. The molecule has 108 valence electrons. The Balaban J connectivity index is 2.30. The van der Waals surface area contributed by atoms with Crippen LogP contribution in [0, 0.1) is 0 Å². The lowest BCUT2D eigenvalue weighted by Crippen LogP contribution is -2.44. The van der Waals surface area contributed by atoms with Gasteiger partial charge in [0.2, 0.25) is 0 Å². The summed E-state index contributed by atoms with van der Waals surface area (Å²) < 4.78 is 0.470. The van der Waals surface area contributed by atoms with Gasteiger partial charge in [0.15, 0.2) is 0 Å². The number of hydrogen-bond acceptors (Lipinski definition) is 3. The number of rotatable bonds is 6. The van der Waals surface area contributed by atoms with Crippen LogP contribution in [0.15, 0.2) is 0 Å². The van der Waals surface area contributed by atoms with E-state index in [1.807, 2.05) is 0 Å². The van der Waals surface area contributed by atoms with E-state index >= 15 is 0 Å². The first-order valence-corrected chi connectivity index (χ1v) is 8.54. The molecule has 0 amide bonds. The molecule has 0 spiro atoms. The van der Waals surface area contributed by atoms with Gasteiger partial charge in [0.25, 0.3) is 0 Å². The lowest BCUT2D eigenvalue weighted by Gasteiger charge is -2.29. The van der Waals surface area contributed by atoms with Crippen LogP contribution in [0.3, 0.4) is 0 Å². The van der Waals surface area contributed by atoms with Crippen molar-refractivity contribution in [1.29, 1.82) is 0 Å². The summed E-state index contributed by atoms with van der Waals surface area (Å²) in [6.07, 6.45) is 3.87. The molecule has 0 bridgehead atoms. The maximum absolute atomic E-state index is 3.67. The summed E-state index contributed by atoms with van der Waals surface area (Å²) in [5.41, 5.74) is 0. The molecule has 0 aromatic rings. The molecule has 2 unspecified atom stereocenters. The second-order valence-corrected chi connectivity index (χ2v) is 8.14. The molecule has 0 aromatic carbocycles. The molecular weight excluding hydrogens is 240 g/mol. The molecule has 0 aromatic heterocycles. The van der Waals surface area contributed by atoms with Crippen LogP contribution >= 0.6 is 11.8 Å². The average molecular weight is 273 g/mol. The van der Waals surface area contributed by atoms with Gasteiger partial charge in [-0.25, -0.2) is 0 Å². The Labute approximate surface area is 118 Å². The SMILES string of the molecule is CCCC(C)NCC(C)N1CCSC(C)(C)CC1. The fourth-order valence-corrected chi connectivity index (χ4v) is 3.63. The number of thioether (sulfide) groups is 1. The summed E-state index contributed by atoms with van der Waals surface area (Å²) in [5, 5.41) is 3.67. The second-order valence-electron chi connectivity index (χ2n) is 6.34. The van der Waals surface area contributed by atoms with Gasteiger partial charge in [-0.05, 0) is 33.2 Å². The van der Waals surface area contributed by atoms with E-state index in [1.165, 1.54) is 38.1 Å². The Morgan fingerprint density at radius 3 is 2.67 bits per heavy atom. The van der Waals surface area contributed by atoms with Crippen molar-refractivity contribution in [3.63, 3.8) is 0 Å². The quantitative estimate of drug-likeness (QED) is 0.798. The number of nitrogens with zero attached hydrogens (tertiary/aromatic N) is 1. The lowest BCUT2D eigenvalue weighted by molar-refractivity contribution is 0.209. The Morgan fingerprint density at radius 2 is 2.00 bits per heavy atom. The average Bonchev–Trinajstić information content (AvgIpc) is 2.47. The van der Waals surface area contributed by atoms with Gasteiger partial charge in [-0.3, -0.25) is 4.90 Å². The van der Waals surface area contributed by atoms with E-state index in [1.54, 1.807) is 0 Å². The maximum Gasteiger partial charge on any atom is 0.0192 e. The molecule has 2 atom stereocenters. The minimum absolute atomic E-state index is 0.470. The molecule has 3 heteroatoms.